The SMILES string of the molecule is CC(C)n1c(NN)nc2ccc(Cl)cc21. The second kappa shape index (κ2) is 3.72. The van der Waals surface area contributed by atoms with Gasteiger partial charge in [-0.05, 0) is 32.0 Å². The Morgan fingerprint density at radius 1 is 1.47 bits per heavy atom. The van der Waals surface area contributed by atoms with E-state index in [2.05, 4.69) is 24.3 Å². The number of hydrazine groups is 1. The molecule has 0 bridgehead atoms. The van der Waals surface area contributed by atoms with Gasteiger partial charge >= 0.3 is 0 Å². The van der Waals surface area contributed by atoms with Crippen LogP contribution in [-0.2, 0) is 0 Å². The molecule has 0 saturated heterocycles. The normalized spacial score (nSPS) is 11.3. The van der Waals surface area contributed by atoms with Crippen LogP contribution in [0.2, 0.25) is 5.02 Å². The largest absolute Gasteiger partial charge is 0.307 e. The molecule has 3 N–H and O–H groups in total. The second-order valence-electron chi connectivity index (χ2n) is 3.68. The third-order valence-corrected chi connectivity index (χ3v) is 2.53. The molecule has 0 saturated carbocycles. The van der Waals surface area contributed by atoms with E-state index in [0.29, 0.717) is 11.0 Å². The van der Waals surface area contributed by atoms with Gasteiger partial charge in [0.15, 0.2) is 0 Å². The average Bonchev–Trinajstić information content (AvgIpc) is 2.55. The Labute approximate surface area is 93.0 Å². The number of nitrogen functional groups attached to an aromatic ring is 1. The van der Waals surface area contributed by atoms with Crippen LogP contribution in [0.25, 0.3) is 11.0 Å². The highest BCUT2D eigenvalue weighted by atomic mass is 35.5. The first kappa shape index (κ1) is 10.3. The molecule has 1 aromatic carbocycles. The summed E-state index contributed by atoms with van der Waals surface area (Å²) in [4.78, 5) is 4.36. The first-order chi connectivity index (χ1) is 7.13. The Balaban J connectivity index is 2.76. The van der Waals surface area contributed by atoms with Gasteiger partial charge in [0.05, 0.1) is 11.0 Å². The monoisotopic (exact) mass is 224 g/mol. The first-order valence-corrected chi connectivity index (χ1v) is 5.15. The lowest BCUT2D eigenvalue weighted by molar-refractivity contribution is 0.623. The van der Waals surface area contributed by atoms with Crippen molar-refractivity contribution in [3.63, 3.8) is 0 Å². The van der Waals surface area contributed by atoms with Gasteiger partial charge in [-0.25, -0.2) is 10.8 Å². The lowest BCUT2D eigenvalue weighted by Crippen LogP contribution is -2.14. The standard InChI is InChI=1S/C10H13ClN4/c1-6(2)15-9-5-7(11)3-4-8(9)13-10(15)14-12/h3-6H,12H2,1-2H3,(H,13,14). The van der Waals surface area contributed by atoms with E-state index in [1.54, 1.807) is 0 Å². The van der Waals surface area contributed by atoms with Crippen molar-refractivity contribution in [1.29, 1.82) is 0 Å². The number of halogens is 1. The number of hydrogen-bond acceptors (Lipinski definition) is 3. The highest BCUT2D eigenvalue weighted by Gasteiger charge is 2.12. The Kier molecular flexibility index (Phi) is 2.54. The van der Waals surface area contributed by atoms with Crippen LogP contribution in [0.15, 0.2) is 18.2 Å². The van der Waals surface area contributed by atoms with Gasteiger partial charge in [0.1, 0.15) is 0 Å². The molecule has 1 heterocycles. The quantitative estimate of drug-likeness (QED) is 0.609. The van der Waals surface area contributed by atoms with Crippen molar-refractivity contribution in [3.8, 4) is 0 Å². The lowest BCUT2D eigenvalue weighted by Gasteiger charge is -2.11. The predicted molar refractivity (Wildman–Crippen MR) is 62.9 cm³/mol. The Morgan fingerprint density at radius 3 is 2.80 bits per heavy atom. The number of benzene rings is 1. The number of nitrogens with two attached hydrogens (primary N) is 1. The molecule has 0 fully saturated rings. The maximum Gasteiger partial charge on any atom is 0.218 e. The molecule has 0 atom stereocenters. The van der Waals surface area contributed by atoms with Crippen LogP contribution >= 0.6 is 11.6 Å². The third-order valence-electron chi connectivity index (χ3n) is 2.30. The summed E-state index contributed by atoms with van der Waals surface area (Å²) < 4.78 is 2.02. The second-order valence-corrected chi connectivity index (χ2v) is 4.11. The molecule has 15 heavy (non-hydrogen) atoms. The van der Waals surface area contributed by atoms with E-state index in [1.807, 2.05) is 22.8 Å². The fourth-order valence-corrected chi connectivity index (χ4v) is 1.86. The van der Waals surface area contributed by atoms with Gasteiger partial charge in [-0.15, -0.1) is 0 Å². The molecule has 0 amide bonds. The zero-order chi connectivity index (χ0) is 11.0. The molecule has 0 aliphatic rings. The van der Waals surface area contributed by atoms with Crippen molar-refractivity contribution in [2.24, 2.45) is 5.84 Å². The van der Waals surface area contributed by atoms with Gasteiger partial charge in [-0.3, -0.25) is 5.43 Å². The van der Waals surface area contributed by atoms with Crippen LogP contribution in [0.3, 0.4) is 0 Å². The van der Waals surface area contributed by atoms with Crippen LogP contribution in [-0.4, -0.2) is 9.55 Å². The third kappa shape index (κ3) is 1.66. The van der Waals surface area contributed by atoms with Gasteiger partial charge in [0.2, 0.25) is 5.95 Å². The van der Waals surface area contributed by atoms with E-state index in [4.69, 9.17) is 17.4 Å². The van der Waals surface area contributed by atoms with Crippen LogP contribution in [0.5, 0.6) is 0 Å². The Bertz CT molecular complexity index is 489. The first-order valence-electron chi connectivity index (χ1n) is 4.77. The highest BCUT2D eigenvalue weighted by molar-refractivity contribution is 6.31. The summed E-state index contributed by atoms with van der Waals surface area (Å²) in [5, 5.41) is 0.702. The van der Waals surface area contributed by atoms with Crippen molar-refractivity contribution in [2.75, 3.05) is 5.43 Å². The number of rotatable bonds is 2. The number of anilines is 1. The van der Waals surface area contributed by atoms with Crippen molar-refractivity contribution >= 4 is 28.6 Å². The summed E-state index contributed by atoms with van der Waals surface area (Å²) in [6.45, 7) is 4.14. The summed E-state index contributed by atoms with van der Waals surface area (Å²) in [6, 6.07) is 5.88. The fraction of sp³-hybridized carbons (Fsp3) is 0.300. The van der Waals surface area contributed by atoms with Gasteiger partial charge in [0.25, 0.3) is 0 Å². The van der Waals surface area contributed by atoms with Crippen molar-refractivity contribution < 1.29 is 0 Å². The fourth-order valence-electron chi connectivity index (χ4n) is 1.69. The molecule has 0 unspecified atom stereocenters. The maximum atomic E-state index is 5.96. The number of fused-ring (bicyclic) bond motifs is 1. The van der Waals surface area contributed by atoms with Crippen molar-refractivity contribution in [3.05, 3.63) is 23.2 Å². The van der Waals surface area contributed by atoms with E-state index in [0.717, 1.165) is 11.0 Å². The van der Waals surface area contributed by atoms with Gasteiger partial charge in [-0.1, -0.05) is 11.6 Å². The maximum absolute atomic E-state index is 5.96. The molecular weight excluding hydrogens is 212 g/mol. The molecule has 5 heteroatoms. The summed E-state index contributed by atoms with van der Waals surface area (Å²) in [5.74, 6) is 6.08. The van der Waals surface area contributed by atoms with Crippen LogP contribution in [0.4, 0.5) is 5.95 Å². The molecule has 0 aliphatic carbocycles. The topological polar surface area (TPSA) is 55.9 Å². The zero-order valence-electron chi connectivity index (χ0n) is 8.66. The van der Waals surface area contributed by atoms with E-state index in [1.165, 1.54) is 0 Å². The molecule has 0 aliphatic heterocycles. The van der Waals surface area contributed by atoms with Gasteiger partial charge in [-0.2, -0.15) is 0 Å². The molecule has 2 aromatic rings. The van der Waals surface area contributed by atoms with Crippen LogP contribution in [0.1, 0.15) is 19.9 Å². The Hall–Kier alpha value is -1.26. The lowest BCUT2D eigenvalue weighted by atomic mass is 10.3. The summed E-state index contributed by atoms with van der Waals surface area (Å²) in [6.07, 6.45) is 0. The molecular formula is C10H13ClN4. The Morgan fingerprint density at radius 2 is 2.20 bits per heavy atom. The zero-order valence-corrected chi connectivity index (χ0v) is 9.42. The van der Waals surface area contributed by atoms with Crippen LogP contribution in [0, 0.1) is 0 Å². The molecule has 0 spiro atoms. The van der Waals surface area contributed by atoms with Gasteiger partial charge < -0.3 is 4.57 Å². The molecule has 80 valence electrons. The molecule has 2 rings (SSSR count). The molecule has 0 radical (unpaired) electrons. The number of nitrogens with zero attached hydrogens (tertiary/aromatic N) is 2. The van der Waals surface area contributed by atoms with Crippen molar-refractivity contribution in [2.45, 2.75) is 19.9 Å². The minimum Gasteiger partial charge on any atom is -0.307 e. The van der Waals surface area contributed by atoms with Crippen molar-refractivity contribution in [1.82, 2.24) is 9.55 Å². The number of aromatic nitrogens is 2. The minimum atomic E-state index is 0.277. The predicted octanol–water partition coefficient (Wildman–Crippen LogP) is 2.56. The highest BCUT2D eigenvalue weighted by Crippen LogP contribution is 2.26. The smallest absolute Gasteiger partial charge is 0.218 e. The summed E-state index contributed by atoms with van der Waals surface area (Å²) >= 11 is 5.96. The summed E-state index contributed by atoms with van der Waals surface area (Å²) in [7, 11) is 0. The average molecular weight is 225 g/mol. The molecule has 4 nitrogen and oxygen atoms in total. The minimum absolute atomic E-state index is 0.277. The van der Waals surface area contributed by atoms with Crippen LogP contribution < -0.4 is 11.3 Å². The van der Waals surface area contributed by atoms with E-state index in [-0.39, 0.29) is 6.04 Å². The van der Waals surface area contributed by atoms with E-state index in [9.17, 15) is 0 Å². The molecule has 1 aromatic heterocycles. The van der Waals surface area contributed by atoms with E-state index < -0.39 is 0 Å². The number of nitrogens with one attached hydrogen (secondary N) is 1. The number of imidazole rings is 1. The van der Waals surface area contributed by atoms with Gasteiger partial charge in [0, 0.05) is 11.1 Å². The summed E-state index contributed by atoms with van der Waals surface area (Å²) in [5.41, 5.74) is 4.48. The number of hydrogen-bond donors (Lipinski definition) is 2. The van der Waals surface area contributed by atoms with E-state index >= 15 is 0 Å².